The van der Waals surface area contributed by atoms with E-state index >= 15 is 0 Å². The molecule has 3 rings (SSSR count). The molecule has 1 fully saturated rings. The lowest BCUT2D eigenvalue weighted by Crippen LogP contribution is -2.41. The van der Waals surface area contributed by atoms with E-state index in [1.807, 2.05) is 24.3 Å². The molecule has 6 nitrogen and oxygen atoms in total. The van der Waals surface area contributed by atoms with Gasteiger partial charge in [-0.05, 0) is 44.0 Å². The first-order chi connectivity index (χ1) is 12.5. The summed E-state index contributed by atoms with van der Waals surface area (Å²) in [6.45, 7) is 3.45. The molecule has 6 heteroatoms. The highest BCUT2D eigenvalue weighted by Crippen LogP contribution is 2.22. The number of amides is 1. The Kier molecular flexibility index (Phi) is 5.61. The van der Waals surface area contributed by atoms with Gasteiger partial charge >= 0.3 is 0 Å². The van der Waals surface area contributed by atoms with E-state index in [-0.39, 0.29) is 23.0 Å². The Bertz CT molecular complexity index is 812. The maximum Gasteiger partial charge on any atom is 0.289 e. The van der Waals surface area contributed by atoms with Crippen LogP contribution in [0.3, 0.4) is 0 Å². The van der Waals surface area contributed by atoms with Crippen molar-refractivity contribution in [2.75, 3.05) is 26.8 Å². The van der Waals surface area contributed by atoms with Crippen molar-refractivity contribution >= 4 is 5.91 Å². The van der Waals surface area contributed by atoms with Gasteiger partial charge in [-0.25, -0.2) is 0 Å². The smallest absolute Gasteiger partial charge is 0.289 e. The predicted molar refractivity (Wildman–Crippen MR) is 96.8 cm³/mol. The third-order valence-electron chi connectivity index (χ3n) is 4.45. The quantitative estimate of drug-likeness (QED) is 0.823. The van der Waals surface area contributed by atoms with E-state index in [9.17, 15) is 9.59 Å². The lowest BCUT2D eigenvalue weighted by molar-refractivity contribution is 0.0598. The summed E-state index contributed by atoms with van der Waals surface area (Å²) < 4.78 is 16.4. The van der Waals surface area contributed by atoms with Crippen LogP contribution in [0, 0.1) is 12.8 Å². The van der Waals surface area contributed by atoms with Gasteiger partial charge in [-0.15, -0.1) is 0 Å². The molecule has 1 aromatic carbocycles. The Labute approximate surface area is 152 Å². The fraction of sp³-hybridized carbons (Fsp3) is 0.400. The molecule has 2 aromatic rings. The monoisotopic (exact) mass is 357 g/mol. The van der Waals surface area contributed by atoms with E-state index in [1.54, 1.807) is 18.9 Å². The molecule has 1 aliphatic rings. The molecule has 0 saturated carbocycles. The summed E-state index contributed by atoms with van der Waals surface area (Å²) in [5.74, 6) is 2.11. The van der Waals surface area contributed by atoms with Crippen molar-refractivity contribution in [2.24, 2.45) is 5.92 Å². The van der Waals surface area contributed by atoms with Crippen LogP contribution in [0.2, 0.25) is 0 Å². The van der Waals surface area contributed by atoms with Crippen LogP contribution in [-0.4, -0.2) is 37.6 Å². The standard InChI is InChI=1S/C20H23NO5/c1-14-10-16(22)11-19(26-14)20(23)21-9-3-4-15(12-21)13-25-18-7-5-17(24-2)6-8-18/h5-8,10-11,15H,3-4,9,12-13H2,1-2H3/t15-/m1/s1. The minimum Gasteiger partial charge on any atom is -0.497 e. The van der Waals surface area contributed by atoms with E-state index in [0.29, 0.717) is 25.5 Å². The number of methoxy groups -OCH3 is 1. The molecule has 0 N–H and O–H groups in total. The second-order valence-electron chi connectivity index (χ2n) is 6.51. The van der Waals surface area contributed by atoms with E-state index < -0.39 is 0 Å². The van der Waals surface area contributed by atoms with E-state index in [4.69, 9.17) is 13.9 Å². The Balaban J connectivity index is 1.59. The number of carbonyl (C=O) groups is 1. The molecule has 1 saturated heterocycles. The van der Waals surface area contributed by atoms with Crippen molar-refractivity contribution in [3.63, 3.8) is 0 Å². The van der Waals surface area contributed by atoms with Crippen LogP contribution in [-0.2, 0) is 0 Å². The van der Waals surface area contributed by atoms with Gasteiger partial charge in [-0.2, -0.15) is 0 Å². The average molecular weight is 357 g/mol. The second kappa shape index (κ2) is 8.08. The number of ether oxygens (including phenoxy) is 2. The molecule has 1 aromatic heterocycles. The van der Waals surface area contributed by atoms with Crippen molar-refractivity contribution in [2.45, 2.75) is 19.8 Å². The van der Waals surface area contributed by atoms with Crippen molar-refractivity contribution in [3.05, 3.63) is 58.1 Å². The van der Waals surface area contributed by atoms with Crippen molar-refractivity contribution in [1.82, 2.24) is 4.90 Å². The van der Waals surface area contributed by atoms with Crippen LogP contribution in [0.5, 0.6) is 11.5 Å². The van der Waals surface area contributed by atoms with Crippen LogP contribution < -0.4 is 14.9 Å². The first-order valence-electron chi connectivity index (χ1n) is 8.73. The van der Waals surface area contributed by atoms with Gasteiger partial charge in [0.05, 0.1) is 13.7 Å². The van der Waals surface area contributed by atoms with Crippen molar-refractivity contribution in [1.29, 1.82) is 0 Å². The fourth-order valence-corrected chi connectivity index (χ4v) is 3.14. The van der Waals surface area contributed by atoms with E-state index in [2.05, 4.69) is 0 Å². The molecular weight excluding hydrogens is 334 g/mol. The molecule has 138 valence electrons. The summed E-state index contributed by atoms with van der Waals surface area (Å²) >= 11 is 0. The zero-order valence-corrected chi connectivity index (χ0v) is 15.1. The lowest BCUT2D eigenvalue weighted by Gasteiger charge is -2.32. The predicted octanol–water partition coefficient (Wildman–Crippen LogP) is 2.89. The van der Waals surface area contributed by atoms with Gasteiger partial charge in [-0.1, -0.05) is 0 Å². The number of aryl methyl sites for hydroxylation is 1. The van der Waals surface area contributed by atoms with E-state index in [1.165, 1.54) is 12.1 Å². The number of nitrogens with zero attached hydrogens (tertiary/aromatic N) is 1. The van der Waals surface area contributed by atoms with Gasteiger partial charge < -0.3 is 18.8 Å². The molecule has 0 spiro atoms. The highest BCUT2D eigenvalue weighted by molar-refractivity contribution is 5.91. The molecule has 1 amide bonds. The number of carbonyl (C=O) groups excluding carboxylic acids is 1. The van der Waals surface area contributed by atoms with Crippen LogP contribution in [0.1, 0.15) is 29.2 Å². The Morgan fingerprint density at radius 1 is 1.23 bits per heavy atom. The molecule has 1 atom stereocenters. The summed E-state index contributed by atoms with van der Waals surface area (Å²) in [6.07, 6.45) is 1.90. The maximum absolute atomic E-state index is 12.6. The molecule has 0 bridgehead atoms. The van der Waals surface area contributed by atoms with Crippen LogP contribution >= 0.6 is 0 Å². The lowest BCUT2D eigenvalue weighted by atomic mass is 9.98. The number of benzene rings is 1. The molecular formula is C20H23NO5. The Morgan fingerprint density at radius 2 is 1.96 bits per heavy atom. The largest absolute Gasteiger partial charge is 0.497 e. The van der Waals surface area contributed by atoms with Gasteiger partial charge in [0.1, 0.15) is 17.3 Å². The first-order valence-corrected chi connectivity index (χ1v) is 8.73. The van der Waals surface area contributed by atoms with Gasteiger partial charge in [-0.3, -0.25) is 9.59 Å². The first kappa shape index (κ1) is 18.0. The number of hydrogen-bond acceptors (Lipinski definition) is 5. The fourth-order valence-electron chi connectivity index (χ4n) is 3.14. The molecule has 26 heavy (non-hydrogen) atoms. The SMILES string of the molecule is COc1ccc(OC[C@@H]2CCCN(C(=O)c3cc(=O)cc(C)o3)C2)cc1. The zero-order valence-electron chi connectivity index (χ0n) is 15.1. The molecule has 0 aliphatic carbocycles. The second-order valence-corrected chi connectivity index (χ2v) is 6.51. The minimum absolute atomic E-state index is 0.103. The van der Waals surface area contributed by atoms with Gasteiger partial charge in [0.15, 0.2) is 11.2 Å². The third-order valence-corrected chi connectivity index (χ3v) is 4.45. The molecule has 2 heterocycles. The van der Waals surface area contributed by atoms with Crippen LogP contribution in [0.15, 0.2) is 45.6 Å². The number of likely N-dealkylation sites (tertiary alicyclic amines) is 1. The van der Waals surface area contributed by atoms with Gasteiger partial charge in [0, 0.05) is 31.1 Å². The normalized spacial score (nSPS) is 17.0. The summed E-state index contributed by atoms with van der Waals surface area (Å²) in [7, 11) is 1.62. The van der Waals surface area contributed by atoms with Crippen LogP contribution in [0.25, 0.3) is 0 Å². The third kappa shape index (κ3) is 4.45. The highest BCUT2D eigenvalue weighted by atomic mass is 16.5. The Hall–Kier alpha value is -2.76. The number of rotatable bonds is 5. The number of hydrogen-bond donors (Lipinski definition) is 0. The average Bonchev–Trinajstić information content (AvgIpc) is 2.65. The van der Waals surface area contributed by atoms with Crippen molar-refractivity contribution in [3.8, 4) is 11.5 Å². The van der Waals surface area contributed by atoms with Crippen molar-refractivity contribution < 1.29 is 18.7 Å². The summed E-state index contributed by atoms with van der Waals surface area (Å²) in [5, 5.41) is 0. The molecule has 1 aliphatic heterocycles. The van der Waals surface area contributed by atoms with Gasteiger partial charge in [0.2, 0.25) is 0 Å². The topological polar surface area (TPSA) is 69.0 Å². The molecule has 0 unspecified atom stereocenters. The summed E-state index contributed by atoms with van der Waals surface area (Å²) in [6, 6.07) is 10.1. The van der Waals surface area contributed by atoms with E-state index in [0.717, 1.165) is 24.3 Å². The minimum atomic E-state index is -0.236. The zero-order chi connectivity index (χ0) is 18.5. The molecule has 0 radical (unpaired) electrons. The van der Waals surface area contributed by atoms with Crippen LogP contribution in [0.4, 0.5) is 0 Å². The maximum atomic E-state index is 12.6. The van der Waals surface area contributed by atoms with Gasteiger partial charge in [0.25, 0.3) is 5.91 Å². The number of piperidine rings is 1. The summed E-state index contributed by atoms with van der Waals surface area (Å²) in [5.41, 5.74) is -0.214. The summed E-state index contributed by atoms with van der Waals surface area (Å²) in [4.78, 5) is 26.0. The highest BCUT2D eigenvalue weighted by Gasteiger charge is 2.26. The Morgan fingerprint density at radius 3 is 2.65 bits per heavy atom.